The number of nitriles is 1. The van der Waals surface area contributed by atoms with E-state index in [9.17, 15) is 0 Å². The van der Waals surface area contributed by atoms with Crippen molar-refractivity contribution in [2.45, 2.75) is 51.9 Å². The van der Waals surface area contributed by atoms with Crippen LogP contribution in [0.5, 0.6) is 0 Å². The largest absolute Gasteiger partial charge is 0.192 e. The Morgan fingerprint density at radius 1 is 1.06 bits per heavy atom. The highest BCUT2D eigenvalue weighted by molar-refractivity contribution is 5.57. The molecule has 1 aromatic carbocycles. The van der Waals surface area contributed by atoms with Gasteiger partial charge in [-0.15, -0.1) is 0 Å². The monoisotopic (exact) mass is 241 g/mol. The van der Waals surface area contributed by atoms with Gasteiger partial charge in [0.2, 0.25) is 0 Å². The summed E-state index contributed by atoms with van der Waals surface area (Å²) in [5.41, 5.74) is 1.79. The van der Waals surface area contributed by atoms with Crippen molar-refractivity contribution in [1.82, 2.24) is 0 Å². The molecule has 0 fully saturated rings. The summed E-state index contributed by atoms with van der Waals surface area (Å²) in [6.45, 7) is 2.25. The first-order valence-electron chi connectivity index (χ1n) is 7.04. The lowest BCUT2D eigenvalue weighted by Crippen LogP contribution is -1.80. The number of nitrogens with zero attached hydrogens (tertiary/aromatic N) is 1. The number of allylic oxidation sites excluding steroid dienone is 1. The zero-order valence-electron chi connectivity index (χ0n) is 11.4. The molecule has 0 N–H and O–H groups in total. The molecule has 0 amide bonds. The van der Waals surface area contributed by atoms with Crippen LogP contribution in [0.1, 0.15) is 63.0 Å². The lowest BCUT2D eigenvalue weighted by Gasteiger charge is -1.98. The van der Waals surface area contributed by atoms with Crippen molar-refractivity contribution in [3.05, 3.63) is 41.5 Å². The van der Waals surface area contributed by atoms with Gasteiger partial charge < -0.3 is 0 Å². The van der Waals surface area contributed by atoms with Gasteiger partial charge in [-0.25, -0.2) is 0 Å². The number of rotatable bonds is 8. The van der Waals surface area contributed by atoms with Crippen LogP contribution in [0, 0.1) is 11.3 Å². The summed E-state index contributed by atoms with van der Waals surface area (Å²) in [6, 6.07) is 9.97. The van der Waals surface area contributed by atoms with E-state index in [4.69, 9.17) is 5.26 Å². The predicted molar refractivity (Wildman–Crippen MR) is 78.2 cm³/mol. The summed E-state index contributed by atoms with van der Waals surface area (Å²) in [7, 11) is 0. The van der Waals surface area contributed by atoms with Gasteiger partial charge in [-0.1, -0.05) is 69.4 Å². The van der Waals surface area contributed by atoms with Crippen LogP contribution in [0.15, 0.2) is 30.3 Å². The van der Waals surface area contributed by atoms with E-state index in [-0.39, 0.29) is 0 Å². The summed E-state index contributed by atoms with van der Waals surface area (Å²) in [6.07, 6.45) is 13.4. The molecule has 96 valence electrons. The molecule has 0 unspecified atom stereocenters. The van der Waals surface area contributed by atoms with Crippen molar-refractivity contribution in [3.63, 3.8) is 0 Å². The second-order valence-corrected chi connectivity index (χ2v) is 4.66. The molecular formula is C17H23N. The van der Waals surface area contributed by atoms with E-state index in [0.29, 0.717) is 0 Å². The molecule has 1 nitrogen and oxygen atoms in total. The third kappa shape index (κ3) is 5.68. The van der Waals surface area contributed by atoms with Crippen LogP contribution in [0.2, 0.25) is 0 Å². The zero-order valence-corrected chi connectivity index (χ0v) is 11.4. The van der Waals surface area contributed by atoms with Crippen LogP contribution >= 0.6 is 0 Å². The molecule has 0 saturated heterocycles. The first kappa shape index (κ1) is 14.5. The van der Waals surface area contributed by atoms with Crippen LogP contribution in [-0.4, -0.2) is 0 Å². The zero-order chi connectivity index (χ0) is 13.1. The van der Waals surface area contributed by atoms with Crippen molar-refractivity contribution in [2.24, 2.45) is 0 Å². The average molecular weight is 241 g/mol. The van der Waals surface area contributed by atoms with Gasteiger partial charge in [0, 0.05) is 0 Å². The SMILES string of the molecule is CCCCCCCC/C=C/c1ccccc1C#N. The van der Waals surface area contributed by atoms with E-state index in [1.807, 2.05) is 24.3 Å². The van der Waals surface area contributed by atoms with E-state index in [2.05, 4.69) is 25.1 Å². The van der Waals surface area contributed by atoms with Gasteiger partial charge in [-0.05, 0) is 24.5 Å². The number of unbranched alkanes of at least 4 members (excludes halogenated alkanes) is 6. The molecule has 0 heterocycles. The minimum absolute atomic E-state index is 0.761. The molecule has 0 bridgehead atoms. The fourth-order valence-corrected chi connectivity index (χ4v) is 2.00. The summed E-state index contributed by atoms with van der Waals surface area (Å²) in [5, 5.41) is 8.96. The van der Waals surface area contributed by atoms with Gasteiger partial charge in [-0.2, -0.15) is 5.26 Å². The predicted octanol–water partition coefficient (Wildman–Crippen LogP) is 5.32. The Bertz CT molecular complexity index is 398. The smallest absolute Gasteiger partial charge is 0.0997 e. The highest BCUT2D eigenvalue weighted by Crippen LogP contribution is 2.11. The van der Waals surface area contributed by atoms with Gasteiger partial charge >= 0.3 is 0 Å². The molecule has 18 heavy (non-hydrogen) atoms. The molecule has 1 heteroatoms. The minimum Gasteiger partial charge on any atom is -0.192 e. The van der Waals surface area contributed by atoms with E-state index < -0.39 is 0 Å². The van der Waals surface area contributed by atoms with Crippen molar-refractivity contribution in [2.75, 3.05) is 0 Å². The van der Waals surface area contributed by atoms with Gasteiger partial charge in [0.15, 0.2) is 0 Å². The number of hydrogen-bond acceptors (Lipinski definition) is 1. The van der Waals surface area contributed by atoms with E-state index in [1.165, 1.54) is 38.5 Å². The third-order valence-corrected chi connectivity index (χ3v) is 3.10. The Kier molecular flexibility index (Phi) is 7.64. The van der Waals surface area contributed by atoms with E-state index >= 15 is 0 Å². The first-order chi connectivity index (χ1) is 8.88. The Labute approximate surface area is 111 Å². The summed E-state index contributed by atoms with van der Waals surface area (Å²) < 4.78 is 0. The highest BCUT2D eigenvalue weighted by atomic mass is 14.2. The van der Waals surface area contributed by atoms with Crippen LogP contribution in [0.3, 0.4) is 0 Å². The molecule has 1 rings (SSSR count). The van der Waals surface area contributed by atoms with Crippen LogP contribution in [0.25, 0.3) is 6.08 Å². The second-order valence-electron chi connectivity index (χ2n) is 4.66. The molecule has 1 aromatic rings. The molecule has 0 spiro atoms. The Balaban J connectivity index is 2.23. The molecular weight excluding hydrogens is 218 g/mol. The quantitative estimate of drug-likeness (QED) is 0.565. The van der Waals surface area contributed by atoms with Gasteiger partial charge in [0.05, 0.1) is 11.6 Å². The maximum absolute atomic E-state index is 8.96. The van der Waals surface area contributed by atoms with Crippen LogP contribution < -0.4 is 0 Å². The summed E-state index contributed by atoms with van der Waals surface area (Å²) in [5.74, 6) is 0. The number of benzene rings is 1. The third-order valence-electron chi connectivity index (χ3n) is 3.10. The Morgan fingerprint density at radius 3 is 2.56 bits per heavy atom. The van der Waals surface area contributed by atoms with Crippen molar-refractivity contribution < 1.29 is 0 Å². The number of hydrogen-bond donors (Lipinski definition) is 0. The summed E-state index contributed by atoms with van der Waals surface area (Å²) in [4.78, 5) is 0. The van der Waals surface area contributed by atoms with Crippen molar-refractivity contribution in [1.29, 1.82) is 5.26 Å². The van der Waals surface area contributed by atoms with Crippen LogP contribution in [0.4, 0.5) is 0 Å². The maximum Gasteiger partial charge on any atom is 0.0997 e. The van der Waals surface area contributed by atoms with Crippen molar-refractivity contribution >= 4 is 6.08 Å². The maximum atomic E-state index is 8.96. The fourth-order valence-electron chi connectivity index (χ4n) is 2.00. The van der Waals surface area contributed by atoms with E-state index in [0.717, 1.165) is 17.5 Å². The van der Waals surface area contributed by atoms with E-state index in [1.54, 1.807) is 0 Å². The standard InChI is InChI=1S/C17H23N/c1-2-3-4-5-6-7-8-9-12-16-13-10-11-14-17(16)15-18/h9-14H,2-8H2,1H3/b12-9+. The molecule has 0 radical (unpaired) electrons. The fraction of sp³-hybridized carbons (Fsp3) is 0.471. The Morgan fingerprint density at radius 2 is 1.78 bits per heavy atom. The molecule has 0 aliphatic carbocycles. The molecule has 0 aromatic heterocycles. The summed E-state index contributed by atoms with van der Waals surface area (Å²) >= 11 is 0. The lowest BCUT2D eigenvalue weighted by atomic mass is 10.1. The average Bonchev–Trinajstić information content (AvgIpc) is 2.42. The van der Waals surface area contributed by atoms with Crippen molar-refractivity contribution in [3.8, 4) is 6.07 Å². The highest BCUT2D eigenvalue weighted by Gasteiger charge is 1.95. The topological polar surface area (TPSA) is 23.8 Å². The normalized spacial score (nSPS) is 10.7. The lowest BCUT2D eigenvalue weighted by molar-refractivity contribution is 0.611. The molecule has 0 atom stereocenters. The van der Waals surface area contributed by atoms with Gasteiger partial charge in [0.1, 0.15) is 0 Å². The van der Waals surface area contributed by atoms with Crippen LogP contribution in [-0.2, 0) is 0 Å². The first-order valence-corrected chi connectivity index (χ1v) is 7.04. The molecule has 0 aliphatic rings. The van der Waals surface area contributed by atoms with Gasteiger partial charge in [-0.3, -0.25) is 0 Å². The molecule has 0 saturated carbocycles. The molecule has 0 aliphatic heterocycles. The van der Waals surface area contributed by atoms with Gasteiger partial charge in [0.25, 0.3) is 0 Å². The Hall–Kier alpha value is -1.55. The second kappa shape index (κ2) is 9.48. The minimum atomic E-state index is 0.761.